The van der Waals surface area contributed by atoms with E-state index in [1.807, 2.05) is 21.7 Å². The van der Waals surface area contributed by atoms with Crippen LogP contribution in [0.5, 0.6) is 0 Å². The van der Waals surface area contributed by atoms with E-state index >= 15 is 0 Å². The molecule has 0 atom stereocenters. The van der Waals surface area contributed by atoms with E-state index in [9.17, 15) is 8.42 Å². The molecule has 1 aliphatic carbocycles. The van der Waals surface area contributed by atoms with Gasteiger partial charge in [0, 0.05) is 50.3 Å². The van der Waals surface area contributed by atoms with Crippen molar-refractivity contribution in [3.63, 3.8) is 0 Å². The second-order valence-corrected chi connectivity index (χ2v) is 10.3. The van der Waals surface area contributed by atoms with Crippen LogP contribution in [0.25, 0.3) is 0 Å². The van der Waals surface area contributed by atoms with Crippen molar-refractivity contribution in [2.24, 2.45) is 4.99 Å². The van der Waals surface area contributed by atoms with E-state index < -0.39 is 9.84 Å². The topological polar surface area (TPSA) is 82.8 Å². The lowest BCUT2D eigenvalue weighted by Gasteiger charge is -2.31. The second-order valence-electron chi connectivity index (χ2n) is 8.33. The van der Waals surface area contributed by atoms with Crippen molar-refractivity contribution in [3.8, 4) is 0 Å². The molecule has 3 aliphatic rings. The van der Waals surface area contributed by atoms with Gasteiger partial charge in [-0.3, -0.25) is 9.89 Å². The lowest BCUT2D eigenvalue weighted by molar-refractivity contribution is 0.478. The first-order valence-electron chi connectivity index (χ1n) is 10.7. The number of hydrogen-bond acceptors (Lipinski definition) is 7. The smallest absolute Gasteiger partial charge is 0.191 e. The molecule has 1 N–H and O–H groups in total. The van der Waals surface area contributed by atoms with Crippen molar-refractivity contribution in [2.45, 2.75) is 36.8 Å². The van der Waals surface area contributed by atoms with Crippen LogP contribution in [0.2, 0.25) is 0 Å². The van der Waals surface area contributed by atoms with Crippen molar-refractivity contribution in [1.82, 2.24) is 14.9 Å². The number of nitrogens with zero attached hydrogens (tertiary/aromatic N) is 5. The number of piperazine rings is 1. The van der Waals surface area contributed by atoms with Gasteiger partial charge >= 0.3 is 0 Å². The number of hydrogen-bond donors (Lipinski definition) is 1. The molecule has 4 heterocycles. The number of anilines is 3. The Morgan fingerprint density at radius 2 is 1.90 bits per heavy atom. The maximum Gasteiger partial charge on any atom is 0.191 e. The number of sulfone groups is 1. The molecule has 0 aromatic carbocycles. The third-order valence-electron chi connectivity index (χ3n) is 6.27. The zero-order chi connectivity index (χ0) is 20.7. The number of nitrogens with one attached hydrogen (secondary N) is 1. The van der Waals surface area contributed by atoms with Crippen LogP contribution in [-0.4, -0.2) is 63.3 Å². The maximum atomic E-state index is 12.6. The molecule has 1 saturated carbocycles. The Morgan fingerprint density at radius 3 is 2.57 bits per heavy atom. The average molecular weight is 429 g/mol. The fourth-order valence-corrected chi connectivity index (χ4v) is 5.74. The average Bonchev–Trinajstić information content (AvgIpc) is 3.41. The summed E-state index contributed by atoms with van der Waals surface area (Å²) in [4.78, 5) is 13.6. The van der Waals surface area contributed by atoms with E-state index in [2.05, 4.69) is 21.3 Å². The first-order valence-corrected chi connectivity index (χ1v) is 12.6. The van der Waals surface area contributed by atoms with Crippen LogP contribution in [0.3, 0.4) is 0 Å². The molecule has 0 radical (unpaired) electrons. The minimum absolute atomic E-state index is 0.201. The van der Waals surface area contributed by atoms with Gasteiger partial charge in [0.2, 0.25) is 0 Å². The van der Waals surface area contributed by atoms with Crippen LogP contribution in [0.15, 0.2) is 34.4 Å². The first kappa shape index (κ1) is 19.6. The number of rotatable bonds is 4. The Kier molecular flexibility index (Phi) is 5.02. The second kappa shape index (κ2) is 7.70. The Balaban J connectivity index is 1.55. The largest absolute Gasteiger partial charge is 0.368 e. The molecule has 0 bridgehead atoms. The minimum atomic E-state index is -3.35. The van der Waals surface area contributed by atoms with Crippen molar-refractivity contribution in [2.75, 3.05) is 48.9 Å². The molecule has 2 aliphatic heterocycles. The van der Waals surface area contributed by atoms with Gasteiger partial charge in [-0.2, -0.15) is 0 Å². The Hall–Kier alpha value is -2.39. The molecule has 0 spiro atoms. The summed E-state index contributed by atoms with van der Waals surface area (Å²) in [5.74, 6) is 1.70. The molecule has 9 heteroatoms. The number of aliphatic imine (C=N–C) groups is 1. The standard InChI is InChI=1S/C21H28N6O2S/c1-30(28,29)20-12-16-13-23-15-26(21(16)27(20)17-4-2-3-5-17)19-7-6-18(14-24-19)25-10-8-22-9-11-25/h6-7,12-14,17,22H,2-5,8-11,15H2,1H3. The van der Waals surface area contributed by atoms with E-state index in [1.54, 1.807) is 12.3 Å². The fraction of sp³-hybridized carbons (Fsp3) is 0.524. The van der Waals surface area contributed by atoms with Gasteiger partial charge in [0.15, 0.2) is 9.84 Å². The lowest BCUT2D eigenvalue weighted by Crippen LogP contribution is -2.43. The van der Waals surface area contributed by atoms with Crippen molar-refractivity contribution < 1.29 is 8.42 Å². The maximum absolute atomic E-state index is 12.6. The zero-order valence-electron chi connectivity index (χ0n) is 17.3. The highest BCUT2D eigenvalue weighted by atomic mass is 32.2. The molecule has 2 fully saturated rings. The lowest BCUT2D eigenvalue weighted by atomic mass is 10.2. The van der Waals surface area contributed by atoms with Gasteiger partial charge in [0.05, 0.1) is 11.9 Å². The Bertz CT molecular complexity index is 1050. The number of aromatic nitrogens is 2. The van der Waals surface area contributed by atoms with E-state index in [-0.39, 0.29) is 6.04 Å². The highest BCUT2D eigenvalue weighted by Gasteiger charge is 2.32. The van der Waals surface area contributed by atoms with Crippen LogP contribution in [-0.2, 0) is 9.84 Å². The van der Waals surface area contributed by atoms with Crippen molar-refractivity contribution in [3.05, 3.63) is 30.0 Å². The SMILES string of the molecule is CS(=O)(=O)c1cc2c(n1C1CCCC1)N(c1ccc(N3CCNCC3)cn1)CN=C2. The third kappa shape index (κ3) is 3.50. The van der Waals surface area contributed by atoms with Gasteiger partial charge in [0.1, 0.15) is 23.3 Å². The van der Waals surface area contributed by atoms with E-state index in [4.69, 9.17) is 4.98 Å². The fourth-order valence-electron chi connectivity index (χ4n) is 4.81. The van der Waals surface area contributed by atoms with Crippen molar-refractivity contribution >= 4 is 33.4 Å². The van der Waals surface area contributed by atoms with E-state index in [0.717, 1.165) is 74.7 Å². The van der Waals surface area contributed by atoms with Crippen LogP contribution < -0.4 is 15.1 Å². The van der Waals surface area contributed by atoms with E-state index in [1.165, 1.54) is 6.26 Å². The van der Waals surface area contributed by atoms with Gasteiger partial charge in [0.25, 0.3) is 0 Å². The summed E-state index contributed by atoms with van der Waals surface area (Å²) in [6.07, 6.45) is 9.27. The van der Waals surface area contributed by atoms with E-state index in [0.29, 0.717) is 11.7 Å². The summed E-state index contributed by atoms with van der Waals surface area (Å²) < 4.78 is 27.2. The van der Waals surface area contributed by atoms with Gasteiger partial charge < -0.3 is 14.8 Å². The van der Waals surface area contributed by atoms with Gasteiger partial charge in [-0.1, -0.05) is 12.8 Å². The summed E-state index contributed by atoms with van der Waals surface area (Å²) in [6.45, 7) is 4.35. The molecule has 0 unspecified atom stereocenters. The molecule has 0 amide bonds. The molecule has 160 valence electrons. The summed E-state index contributed by atoms with van der Waals surface area (Å²) in [7, 11) is -3.35. The van der Waals surface area contributed by atoms with Gasteiger partial charge in [-0.05, 0) is 31.0 Å². The number of fused-ring (bicyclic) bond motifs is 1. The zero-order valence-corrected chi connectivity index (χ0v) is 18.1. The monoisotopic (exact) mass is 428 g/mol. The predicted molar refractivity (Wildman–Crippen MR) is 119 cm³/mol. The molecule has 2 aromatic rings. The predicted octanol–water partition coefficient (Wildman–Crippen LogP) is 2.34. The molecular weight excluding hydrogens is 400 g/mol. The summed E-state index contributed by atoms with van der Waals surface area (Å²) >= 11 is 0. The third-order valence-corrected chi connectivity index (χ3v) is 7.35. The highest BCUT2D eigenvalue weighted by Crippen LogP contribution is 2.41. The first-order chi connectivity index (χ1) is 14.5. The highest BCUT2D eigenvalue weighted by molar-refractivity contribution is 7.90. The molecule has 1 saturated heterocycles. The summed E-state index contributed by atoms with van der Waals surface area (Å²) in [6, 6.07) is 6.10. The molecule has 2 aromatic heterocycles. The quantitative estimate of drug-likeness (QED) is 0.805. The molecule has 8 nitrogen and oxygen atoms in total. The normalized spacial score (nSPS) is 20.0. The van der Waals surface area contributed by atoms with Crippen molar-refractivity contribution in [1.29, 1.82) is 0 Å². The minimum Gasteiger partial charge on any atom is -0.368 e. The summed E-state index contributed by atoms with van der Waals surface area (Å²) in [5, 5.41) is 3.75. The molecule has 5 rings (SSSR count). The van der Waals surface area contributed by atoms with Crippen LogP contribution in [0.4, 0.5) is 17.3 Å². The Morgan fingerprint density at radius 1 is 1.13 bits per heavy atom. The molecular formula is C21H28N6O2S. The number of pyridine rings is 1. The van der Waals surface area contributed by atoms with Crippen LogP contribution in [0, 0.1) is 0 Å². The summed E-state index contributed by atoms with van der Waals surface area (Å²) in [5.41, 5.74) is 1.96. The van der Waals surface area contributed by atoms with Gasteiger partial charge in [-0.25, -0.2) is 13.4 Å². The van der Waals surface area contributed by atoms with Gasteiger partial charge in [-0.15, -0.1) is 0 Å². The molecule has 30 heavy (non-hydrogen) atoms. The van der Waals surface area contributed by atoms with Crippen LogP contribution >= 0.6 is 0 Å². The van der Waals surface area contributed by atoms with Crippen LogP contribution in [0.1, 0.15) is 37.3 Å². The Labute approximate surface area is 177 Å².